The molecule has 1 aromatic carbocycles. The van der Waals surface area contributed by atoms with E-state index in [0.717, 1.165) is 50.3 Å². The van der Waals surface area contributed by atoms with Crippen molar-refractivity contribution in [2.75, 3.05) is 19.6 Å². The van der Waals surface area contributed by atoms with Crippen LogP contribution in [0.1, 0.15) is 24.1 Å². The summed E-state index contributed by atoms with van der Waals surface area (Å²) in [5.41, 5.74) is 3.41. The summed E-state index contributed by atoms with van der Waals surface area (Å²) >= 11 is 0. The number of aryl methyl sites for hydroxylation is 1. The largest absolute Gasteiger partial charge is 0.388 e. The van der Waals surface area contributed by atoms with Gasteiger partial charge in [0.2, 0.25) is 0 Å². The number of allylic oxidation sites excluding steroid dienone is 1. The Hall–Kier alpha value is -2.20. The molecule has 2 aliphatic rings. The molecule has 1 aliphatic heterocycles. The third-order valence-corrected chi connectivity index (χ3v) is 6.09. The van der Waals surface area contributed by atoms with Gasteiger partial charge in [-0.3, -0.25) is 4.98 Å². The summed E-state index contributed by atoms with van der Waals surface area (Å²) in [4.78, 5) is 4.44. The molecule has 2 fully saturated rings. The van der Waals surface area contributed by atoms with Gasteiger partial charge >= 0.3 is 0 Å². The third-order valence-electron chi connectivity index (χ3n) is 6.09. The number of pyridine rings is 1. The predicted molar refractivity (Wildman–Crippen MR) is 102 cm³/mol. The minimum Gasteiger partial charge on any atom is -0.388 e. The lowest BCUT2D eigenvalue weighted by Crippen LogP contribution is -2.31. The molecular formula is C22H26FN3. The Bertz CT molecular complexity index is 745. The molecule has 26 heavy (non-hydrogen) atoms. The van der Waals surface area contributed by atoms with E-state index in [1.165, 1.54) is 17.8 Å². The molecule has 1 saturated heterocycles. The molecule has 0 amide bonds. The molecule has 4 heteroatoms. The summed E-state index contributed by atoms with van der Waals surface area (Å²) in [6, 6.07) is 13.9. The van der Waals surface area contributed by atoms with Crippen molar-refractivity contribution in [3.8, 4) is 0 Å². The molecule has 136 valence electrons. The van der Waals surface area contributed by atoms with Gasteiger partial charge in [0.25, 0.3) is 0 Å². The van der Waals surface area contributed by atoms with Gasteiger partial charge in [0.1, 0.15) is 5.82 Å². The quantitative estimate of drug-likeness (QED) is 0.802. The molecule has 2 aromatic rings. The van der Waals surface area contributed by atoms with Crippen molar-refractivity contribution < 1.29 is 4.39 Å². The maximum atomic E-state index is 13.3. The van der Waals surface area contributed by atoms with Crippen LogP contribution in [-0.4, -0.2) is 24.6 Å². The first-order chi connectivity index (χ1) is 12.7. The number of nitrogens with one attached hydrogen (secondary N) is 2. The monoisotopic (exact) mass is 351 g/mol. The van der Waals surface area contributed by atoms with Gasteiger partial charge in [0.15, 0.2) is 0 Å². The van der Waals surface area contributed by atoms with Crippen molar-refractivity contribution in [3.05, 3.63) is 78.0 Å². The van der Waals surface area contributed by atoms with E-state index >= 15 is 0 Å². The van der Waals surface area contributed by atoms with Crippen molar-refractivity contribution in [1.29, 1.82) is 0 Å². The third kappa shape index (κ3) is 3.26. The van der Waals surface area contributed by atoms with Crippen molar-refractivity contribution >= 4 is 0 Å². The van der Waals surface area contributed by atoms with Crippen molar-refractivity contribution in [2.24, 2.45) is 11.8 Å². The van der Waals surface area contributed by atoms with Crippen LogP contribution in [0.15, 0.2) is 60.9 Å². The lowest BCUT2D eigenvalue weighted by molar-refractivity contribution is 0.497. The smallest absolute Gasteiger partial charge is 0.141 e. The fourth-order valence-corrected chi connectivity index (χ4v) is 4.59. The van der Waals surface area contributed by atoms with Crippen LogP contribution >= 0.6 is 0 Å². The van der Waals surface area contributed by atoms with Gasteiger partial charge in [0.05, 0.1) is 6.20 Å². The summed E-state index contributed by atoms with van der Waals surface area (Å²) in [5.74, 6) is 0.922. The Labute approximate surface area is 154 Å². The van der Waals surface area contributed by atoms with E-state index in [-0.39, 0.29) is 11.2 Å². The second-order valence-electron chi connectivity index (χ2n) is 7.55. The van der Waals surface area contributed by atoms with Crippen molar-refractivity contribution in [2.45, 2.75) is 24.7 Å². The van der Waals surface area contributed by atoms with E-state index in [9.17, 15) is 4.39 Å². The zero-order chi connectivity index (χ0) is 18.0. The Morgan fingerprint density at radius 1 is 1.23 bits per heavy atom. The first-order valence-corrected chi connectivity index (χ1v) is 9.48. The van der Waals surface area contributed by atoms with Gasteiger partial charge in [-0.25, -0.2) is 4.39 Å². The lowest BCUT2D eigenvalue weighted by Gasteiger charge is -2.20. The highest BCUT2D eigenvalue weighted by Crippen LogP contribution is 2.61. The minimum absolute atomic E-state index is 0.00683. The van der Waals surface area contributed by atoms with E-state index in [1.807, 2.05) is 12.1 Å². The van der Waals surface area contributed by atoms with Crippen LogP contribution in [0.25, 0.3) is 0 Å². The first-order valence-electron chi connectivity index (χ1n) is 9.48. The van der Waals surface area contributed by atoms with Gasteiger partial charge < -0.3 is 10.6 Å². The van der Waals surface area contributed by atoms with Crippen molar-refractivity contribution in [1.82, 2.24) is 15.6 Å². The molecule has 3 atom stereocenters. The zero-order valence-corrected chi connectivity index (χ0v) is 15.0. The lowest BCUT2D eigenvalue weighted by atomic mass is 9.95. The highest BCUT2D eigenvalue weighted by Gasteiger charge is 2.66. The number of benzene rings is 1. The summed E-state index contributed by atoms with van der Waals surface area (Å²) in [6.45, 7) is 7.12. The van der Waals surface area contributed by atoms with Crippen LogP contribution < -0.4 is 10.6 Å². The average molecular weight is 351 g/mol. The van der Waals surface area contributed by atoms with E-state index in [0.29, 0.717) is 11.8 Å². The number of aromatic nitrogens is 1. The van der Waals surface area contributed by atoms with Crippen LogP contribution in [0, 0.1) is 17.7 Å². The summed E-state index contributed by atoms with van der Waals surface area (Å²) in [6.07, 6.45) is 4.41. The molecule has 2 heterocycles. The van der Waals surface area contributed by atoms with E-state index in [1.54, 1.807) is 0 Å². The molecule has 3 nitrogen and oxygen atoms in total. The predicted octanol–water partition coefficient (Wildman–Crippen LogP) is 3.43. The maximum Gasteiger partial charge on any atom is 0.141 e. The highest BCUT2D eigenvalue weighted by molar-refractivity contribution is 5.34. The number of fused-ring (bicyclic) bond motifs is 1. The fourth-order valence-electron chi connectivity index (χ4n) is 4.59. The Morgan fingerprint density at radius 3 is 2.77 bits per heavy atom. The fraction of sp³-hybridized carbons (Fsp3) is 0.409. The van der Waals surface area contributed by atoms with Crippen LogP contribution in [0.4, 0.5) is 4.39 Å². The molecule has 1 aliphatic carbocycles. The molecule has 1 saturated carbocycles. The number of halogens is 1. The van der Waals surface area contributed by atoms with E-state index < -0.39 is 0 Å². The number of hydrogen-bond acceptors (Lipinski definition) is 3. The maximum absolute atomic E-state index is 13.3. The van der Waals surface area contributed by atoms with Gasteiger partial charge in [-0.15, -0.1) is 0 Å². The van der Waals surface area contributed by atoms with Crippen LogP contribution in [0.2, 0.25) is 0 Å². The van der Waals surface area contributed by atoms with Crippen LogP contribution in [-0.2, 0) is 11.8 Å². The van der Waals surface area contributed by atoms with Gasteiger partial charge in [0, 0.05) is 23.4 Å². The van der Waals surface area contributed by atoms with Gasteiger partial charge in [-0.2, -0.15) is 0 Å². The minimum atomic E-state index is -0.272. The number of piperidine rings is 1. The topological polar surface area (TPSA) is 37.0 Å². The molecule has 2 N–H and O–H groups in total. The molecular weight excluding hydrogens is 325 g/mol. The van der Waals surface area contributed by atoms with Crippen LogP contribution in [0.5, 0.6) is 0 Å². The van der Waals surface area contributed by atoms with Crippen LogP contribution in [0.3, 0.4) is 0 Å². The highest BCUT2D eigenvalue weighted by atomic mass is 19.1. The van der Waals surface area contributed by atoms with Gasteiger partial charge in [-0.1, -0.05) is 36.9 Å². The van der Waals surface area contributed by atoms with E-state index in [2.05, 4.69) is 46.5 Å². The molecule has 0 radical (unpaired) electrons. The summed E-state index contributed by atoms with van der Waals surface area (Å²) in [5, 5.41) is 7.06. The molecule has 3 unspecified atom stereocenters. The Balaban J connectivity index is 1.41. The Kier molecular flexibility index (Phi) is 4.77. The number of nitrogens with zero attached hydrogens (tertiary/aromatic N) is 1. The Morgan fingerprint density at radius 2 is 2.08 bits per heavy atom. The number of rotatable bonds is 7. The summed E-state index contributed by atoms with van der Waals surface area (Å²) < 4.78 is 13.3. The standard InChI is InChI=1S/C22H26FN3/c1-16(7-8-17-5-3-2-4-6-17)26-15-22(19-11-12-24-14-20(19)22)21-10-9-18(23)13-25-21/h2-6,9-10,13,19-20,24,26H,1,7-8,11-12,14-15H2. The second kappa shape index (κ2) is 7.20. The SMILES string of the molecule is C=C(CCc1ccccc1)NCC1(c2ccc(F)cn2)C2CCNCC21. The molecule has 1 aromatic heterocycles. The molecule has 0 spiro atoms. The average Bonchev–Trinajstić information content (AvgIpc) is 3.35. The normalized spacial score (nSPS) is 26.8. The van der Waals surface area contributed by atoms with Crippen molar-refractivity contribution in [3.63, 3.8) is 0 Å². The second-order valence-corrected chi connectivity index (χ2v) is 7.55. The molecule has 4 rings (SSSR count). The number of hydrogen-bond donors (Lipinski definition) is 2. The molecule has 0 bridgehead atoms. The first kappa shape index (κ1) is 17.2. The van der Waals surface area contributed by atoms with E-state index in [4.69, 9.17) is 0 Å². The summed E-state index contributed by atoms with van der Waals surface area (Å²) in [7, 11) is 0. The van der Waals surface area contributed by atoms with Gasteiger partial charge in [-0.05, 0) is 61.9 Å². The zero-order valence-electron chi connectivity index (χ0n) is 15.0.